The Balaban J connectivity index is 1.52. The molecule has 1 amide bonds. The van der Waals surface area contributed by atoms with E-state index >= 15 is 0 Å². The van der Waals surface area contributed by atoms with Gasteiger partial charge >= 0.3 is 0 Å². The van der Waals surface area contributed by atoms with Crippen molar-refractivity contribution in [3.8, 4) is 11.4 Å². The molecule has 0 spiro atoms. The lowest BCUT2D eigenvalue weighted by molar-refractivity contribution is -0.113. The van der Waals surface area contributed by atoms with Crippen molar-refractivity contribution in [1.82, 2.24) is 24.5 Å². The van der Waals surface area contributed by atoms with Crippen LogP contribution in [0.2, 0.25) is 0 Å². The molecule has 0 aliphatic rings. The molecule has 1 N–H and O–H groups in total. The monoisotopic (exact) mass is 446 g/mol. The fraction of sp³-hybridized carbons (Fsp3) is 0.250. The average Bonchev–Trinajstić information content (AvgIpc) is 3.40. The smallest absolute Gasteiger partial charge is 0.236 e. The standard InChI is InChI=1S/C24H26N6OS/c1-17-10-8-9-13-19(17)29-16-25-27-23(29)32-15-22(31)26-21-14-20(24(2,3)4)28-30(21)18-11-6-5-7-12-18/h5-14,16H,15H2,1-4H3,(H,26,31). The van der Waals surface area contributed by atoms with Crippen molar-refractivity contribution in [1.29, 1.82) is 0 Å². The topological polar surface area (TPSA) is 77.6 Å². The number of nitrogens with one attached hydrogen (secondary N) is 1. The summed E-state index contributed by atoms with van der Waals surface area (Å²) in [6, 6.07) is 19.7. The number of carbonyl (C=O) groups is 1. The van der Waals surface area contributed by atoms with Crippen molar-refractivity contribution < 1.29 is 4.79 Å². The number of hydrogen-bond donors (Lipinski definition) is 1. The molecule has 32 heavy (non-hydrogen) atoms. The molecule has 4 rings (SSSR count). The zero-order valence-corrected chi connectivity index (χ0v) is 19.4. The van der Waals surface area contributed by atoms with E-state index in [4.69, 9.17) is 5.10 Å². The van der Waals surface area contributed by atoms with E-state index < -0.39 is 0 Å². The number of carbonyl (C=O) groups excluding carboxylic acids is 1. The number of aryl methyl sites for hydroxylation is 1. The van der Waals surface area contributed by atoms with Crippen LogP contribution in [0.15, 0.2) is 72.1 Å². The van der Waals surface area contributed by atoms with E-state index in [1.807, 2.05) is 72.2 Å². The number of benzene rings is 2. The number of thioether (sulfide) groups is 1. The summed E-state index contributed by atoms with van der Waals surface area (Å²) in [6.45, 7) is 8.34. The highest BCUT2D eigenvalue weighted by Crippen LogP contribution is 2.27. The van der Waals surface area contributed by atoms with E-state index in [1.165, 1.54) is 11.8 Å². The maximum absolute atomic E-state index is 12.8. The van der Waals surface area contributed by atoms with Gasteiger partial charge in [0.1, 0.15) is 12.1 Å². The second-order valence-corrected chi connectivity index (χ2v) is 9.46. The Morgan fingerprint density at radius 3 is 2.50 bits per heavy atom. The van der Waals surface area contributed by atoms with Gasteiger partial charge in [0.2, 0.25) is 5.91 Å². The van der Waals surface area contributed by atoms with Crippen molar-refractivity contribution in [2.24, 2.45) is 0 Å². The van der Waals surface area contributed by atoms with Gasteiger partial charge in [-0.3, -0.25) is 9.36 Å². The van der Waals surface area contributed by atoms with Crippen molar-refractivity contribution in [3.05, 3.63) is 78.2 Å². The predicted octanol–water partition coefficient (Wildman–Crippen LogP) is 4.79. The third-order valence-corrected chi connectivity index (χ3v) is 5.91. The van der Waals surface area contributed by atoms with Gasteiger partial charge in [0.05, 0.1) is 22.8 Å². The molecule has 0 saturated heterocycles. The maximum Gasteiger partial charge on any atom is 0.236 e. The van der Waals surface area contributed by atoms with Gasteiger partial charge in [-0.15, -0.1) is 10.2 Å². The summed E-state index contributed by atoms with van der Waals surface area (Å²) in [5.41, 5.74) is 3.77. The van der Waals surface area contributed by atoms with Gasteiger partial charge in [0, 0.05) is 11.5 Å². The SMILES string of the molecule is Cc1ccccc1-n1cnnc1SCC(=O)Nc1cc(C(C)(C)C)nn1-c1ccccc1. The van der Waals surface area contributed by atoms with Crippen LogP contribution >= 0.6 is 11.8 Å². The van der Waals surface area contributed by atoms with Gasteiger partial charge < -0.3 is 5.32 Å². The first-order valence-corrected chi connectivity index (χ1v) is 11.4. The Kier molecular flexibility index (Phi) is 6.14. The molecule has 2 aromatic heterocycles. The number of aromatic nitrogens is 5. The zero-order chi connectivity index (χ0) is 22.7. The molecular formula is C24H26N6OS. The molecule has 2 heterocycles. The van der Waals surface area contributed by atoms with E-state index in [0.717, 1.165) is 22.6 Å². The molecule has 0 aliphatic heterocycles. The van der Waals surface area contributed by atoms with Crippen molar-refractivity contribution in [3.63, 3.8) is 0 Å². The van der Waals surface area contributed by atoms with Crippen molar-refractivity contribution in [2.75, 3.05) is 11.1 Å². The van der Waals surface area contributed by atoms with Gasteiger partial charge in [0.25, 0.3) is 0 Å². The molecule has 0 radical (unpaired) electrons. The van der Waals surface area contributed by atoms with Crippen LogP contribution in [0.25, 0.3) is 11.4 Å². The number of para-hydroxylation sites is 2. The van der Waals surface area contributed by atoms with Crippen LogP contribution in [0, 0.1) is 6.92 Å². The first-order valence-electron chi connectivity index (χ1n) is 10.4. The predicted molar refractivity (Wildman–Crippen MR) is 128 cm³/mol. The Hall–Kier alpha value is -3.39. The second-order valence-electron chi connectivity index (χ2n) is 8.52. The minimum absolute atomic E-state index is 0.133. The highest BCUT2D eigenvalue weighted by atomic mass is 32.2. The minimum Gasteiger partial charge on any atom is -0.310 e. The Bertz CT molecular complexity index is 1220. The molecular weight excluding hydrogens is 420 g/mol. The number of hydrogen-bond acceptors (Lipinski definition) is 5. The molecule has 0 fully saturated rings. The Labute approximate surface area is 191 Å². The number of nitrogens with zero attached hydrogens (tertiary/aromatic N) is 5. The average molecular weight is 447 g/mol. The van der Waals surface area contributed by atoms with E-state index in [9.17, 15) is 4.79 Å². The van der Waals surface area contributed by atoms with Crippen molar-refractivity contribution in [2.45, 2.75) is 38.3 Å². The Morgan fingerprint density at radius 1 is 1.06 bits per heavy atom. The quantitative estimate of drug-likeness (QED) is 0.431. The summed E-state index contributed by atoms with van der Waals surface area (Å²) >= 11 is 1.35. The maximum atomic E-state index is 12.8. The largest absolute Gasteiger partial charge is 0.310 e. The van der Waals surface area contributed by atoms with Gasteiger partial charge in [-0.1, -0.05) is 68.9 Å². The number of rotatable bonds is 6. The molecule has 4 aromatic rings. The summed E-state index contributed by atoms with van der Waals surface area (Å²) in [5.74, 6) is 0.717. The molecule has 0 bridgehead atoms. The van der Waals surface area contributed by atoms with E-state index in [0.29, 0.717) is 11.0 Å². The summed E-state index contributed by atoms with van der Waals surface area (Å²) in [7, 11) is 0. The molecule has 2 aromatic carbocycles. The molecule has 0 saturated carbocycles. The van der Waals surface area contributed by atoms with Crippen LogP contribution in [0.4, 0.5) is 5.82 Å². The van der Waals surface area contributed by atoms with Crippen LogP contribution < -0.4 is 5.32 Å². The first kappa shape index (κ1) is 21.8. The highest BCUT2D eigenvalue weighted by molar-refractivity contribution is 7.99. The van der Waals surface area contributed by atoms with Crippen LogP contribution in [0.3, 0.4) is 0 Å². The normalized spacial score (nSPS) is 11.5. The van der Waals surface area contributed by atoms with Crippen molar-refractivity contribution >= 4 is 23.5 Å². The van der Waals surface area contributed by atoms with Crippen LogP contribution in [0.5, 0.6) is 0 Å². The Morgan fingerprint density at radius 2 is 1.78 bits per heavy atom. The van der Waals surface area contributed by atoms with Crippen LogP contribution in [-0.4, -0.2) is 36.2 Å². The zero-order valence-electron chi connectivity index (χ0n) is 18.6. The molecule has 164 valence electrons. The van der Waals surface area contributed by atoms with Crippen LogP contribution in [0.1, 0.15) is 32.0 Å². The molecule has 7 nitrogen and oxygen atoms in total. The summed E-state index contributed by atoms with van der Waals surface area (Å²) in [6.07, 6.45) is 1.67. The van der Waals surface area contributed by atoms with Gasteiger partial charge in [-0.2, -0.15) is 5.10 Å². The van der Waals surface area contributed by atoms with E-state index in [2.05, 4.69) is 36.3 Å². The molecule has 8 heteroatoms. The number of amides is 1. The summed E-state index contributed by atoms with van der Waals surface area (Å²) < 4.78 is 3.68. The highest BCUT2D eigenvalue weighted by Gasteiger charge is 2.22. The fourth-order valence-electron chi connectivity index (χ4n) is 3.23. The molecule has 0 aliphatic carbocycles. The van der Waals surface area contributed by atoms with Gasteiger partial charge in [-0.25, -0.2) is 4.68 Å². The molecule has 0 unspecified atom stereocenters. The van der Waals surface area contributed by atoms with Crippen LogP contribution in [-0.2, 0) is 10.2 Å². The van der Waals surface area contributed by atoms with E-state index in [-0.39, 0.29) is 17.1 Å². The lowest BCUT2D eigenvalue weighted by Crippen LogP contribution is -2.17. The van der Waals surface area contributed by atoms with E-state index in [1.54, 1.807) is 11.0 Å². The van der Waals surface area contributed by atoms with Gasteiger partial charge in [0.15, 0.2) is 5.16 Å². The lowest BCUT2D eigenvalue weighted by Gasteiger charge is -2.14. The summed E-state index contributed by atoms with van der Waals surface area (Å²) in [5, 5.41) is 16.7. The van der Waals surface area contributed by atoms with Gasteiger partial charge in [-0.05, 0) is 30.7 Å². The minimum atomic E-state index is -0.141. The third kappa shape index (κ3) is 4.75. The first-order chi connectivity index (χ1) is 15.3. The second kappa shape index (κ2) is 9.00. The third-order valence-electron chi connectivity index (χ3n) is 4.97. The fourth-order valence-corrected chi connectivity index (χ4v) is 3.96. The molecule has 0 atom stereocenters. The summed E-state index contributed by atoms with van der Waals surface area (Å²) in [4.78, 5) is 12.8. The number of anilines is 1. The lowest BCUT2D eigenvalue weighted by atomic mass is 9.92.